The SMILES string of the molecule is O=C(O)N1CC[C@H](Nc2cccc(C(F)(F)F)c2)C1. The summed E-state index contributed by atoms with van der Waals surface area (Å²) in [7, 11) is 0. The van der Waals surface area contributed by atoms with Crippen LogP contribution in [-0.4, -0.2) is 35.2 Å². The smallest absolute Gasteiger partial charge is 0.416 e. The first-order chi connectivity index (χ1) is 8.86. The van der Waals surface area contributed by atoms with Gasteiger partial charge in [-0.25, -0.2) is 4.79 Å². The van der Waals surface area contributed by atoms with Crippen LogP contribution in [0.1, 0.15) is 12.0 Å². The van der Waals surface area contributed by atoms with Crippen LogP contribution in [0.4, 0.5) is 23.7 Å². The lowest BCUT2D eigenvalue weighted by Crippen LogP contribution is -2.30. The number of carboxylic acid groups (broad SMARTS) is 1. The highest BCUT2D eigenvalue weighted by Crippen LogP contribution is 2.31. The number of alkyl halides is 3. The summed E-state index contributed by atoms with van der Waals surface area (Å²) in [6, 6.07) is 4.75. The van der Waals surface area contributed by atoms with E-state index in [1.165, 1.54) is 11.0 Å². The van der Waals surface area contributed by atoms with Gasteiger partial charge in [0, 0.05) is 24.8 Å². The molecule has 1 atom stereocenters. The van der Waals surface area contributed by atoms with E-state index in [1.807, 2.05) is 0 Å². The number of rotatable bonds is 2. The zero-order valence-electron chi connectivity index (χ0n) is 9.94. The molecule has 0 unspecified atom stereocenters. The minimum atomic E-state index is -4.37. The molecule has 2 rings (SSSR count). The fourth-order valence-electron chi connectivity index (χ4n) is 2.07. The maximum absolute atomic E-state index is 12.5. The molecule has 1 aromatic rings. The first kappa shape index (κ1) is 13.5. The Morgan fingerprint density at radius 1 is 1.42 bits per heavy atom. The second-order valence-corrected chi connectivity index (χ2v) is 4.44. The van der Waals surface area contributed by atoms with Gasteiger partial charge in [-0.1, -0.05) is 6.07 Å². The van der Waals surface area contributed by atoms with E-state index >= 15 is 0 Å². The fraction of sp³-hybridized carbons (Fsp3) is 0.417. The first-order valence-electron chi connectivity index (χ1n) is 5.78. The molecule has 1 aliphatic rings. The Morgan fingerprint density at radius 3 is 2.74 bits per heavy atom. The molecule has 4 nitrogen and oxygen atoms in total. The van der Waals surface area contributed by atoms with Gasteiger partial charge >= 0.3 is 12.3 Å². The molecule has 0 radical (unpaired) electrons. The second-order valence-electron chi connectivity index (χ2n) is 4.44. The second kappa shape index (κ2) is 4.99. The minimum Gasteiger partial charge on any atom is -0.465 e. The van der Waals surface area contributed by atoms with E-state index in [-0.39, 0.29) is 12.6 Å². The molecule has 1 aliphatic heterocycles. The van der Waals surface area contributed by atoms with Crippen LogP contribution in [0.3, 0.4) is 0 Å². The molecule has 1 heterocycles. The number of halogens is 3. The van der Waals surface area contributed by atoms with Crippen molar-refractivity contribution in [1.29, 1.82) is 0 Å². The van der Waals surface area contributed by atoms with E-state index in [0.29, 0.717) is 18.7 Å². The van der Waals surface area contributed by atoms with Crippen molar-refractivity contribution in [1.82, 2.24) is 4.90 Å². The summed E-state index contributed by atoms with van der Waals surface area (Å²) < 4.78 is 37.6. The standard InChI is InChI=1S/C12H13F3N2O2/c13-12(14,15)8-2-1-3-9(6-8)16-10-4-5-17(7-10)11(18)19/h1-3,6,10,16H,4-5,7H2,(H,18,19)/t10-/m0/s1. The first-order valence-corrected chi connectivity index (χ1v) is 5.78. The number of hydrogen-bond donors (Lipinski definition) is 2. The van der Waals surface area contributed by atoms with Crippen LogP contribution in [0.2, 0.25) is 0 Å². The molecule has 0 aliphatic carbocycles. The highest BCUT2D eigenvalue weighted by Gasteiger charge is 2.31. The highest BCUT2D eigenvalue weighted by molar-refractivity contribution is 5.65. The summed E-state index contributed by atoms with van der Waals surface area (Å²) in [6.45, 7) is 0.678. The average Bonchev–Trinajstić information content (AvgIpc) is 2.77. The van der Waals surface area contributed by atoms with Gasteiger partial charge in [0.25, 0.3) is 0 Å². The summed E-state index contributed by atoms with van der Waals surface area (Å²) in [4.78, 5) is 12.0. The van der Waals surface area contributed by atoms with Crippen molar-refractivity contribution >= 4 is 11.8 Å². The van der Waals surface area contributed by atoms with Crippen LogP contribution in [0.5, 0.6) is 0 Å². The lowest BCUT2D eigenvalue weighted by molar-refractivity contribution is -0.137. The maximum atomic E-state index is 12.5. The van der Waals surface area contributed by atoms with Gasteiger partial charge in [0.05, 0.1) is 5.56 Å². The molecule has 1 amide bonds. The molecule has 1 saturated heterocycles. The summed E-state index contributed by atoms with van der Waals surface area (Å²) >= 11 is 0. The predicted molar refractivity (Wildman–Crippen MR) is 63.1 cm³/mol. The summed E-state index contributed by atoms with van der Waals surface area (Å²) in [5.41, 5.74) is -0.363. The minimum absolute atomic E-state index is 0.153. The maximum Gasteiger partial charge on any atom is 0.416 e. The third kappa shape index (κ3) is 3.30. The number of nitrogens with zero attached hydrogens (tertiary/aromatic N) is 1. The molecule has 0 aromatic heterocycles. The molecule has 7 heteroatoms. The lowest BCUT2D eigenvalue weighted by atomic mass is 10.1. The van der Waals surface area contributed by atoms with Crippen LogP contribution >= 0.6 is 0 Å². The molecule has 0 saturated carbocycles. The van der Waals surface area contributed by atoms with Crippen LogP contribution < -0.4 is 5.32 Å². The van der Waals surface area contributed by atoms with Gasteiger partial charge in [-0.2, -0.15) is 13.2 Å². The van der Waals surface area contributed by atoms with E-state index in [9.17, 15) is 18.0 Å². The van der Waals surface area contributed by atoms with Crippen molar-refractivity contribution in [3.8, 4) is 0 Å². The molecule has 2 N–H and O–H groups in total. The van der Waals surface area contributed by atoms with E-state index in [2.05, 4.69) is 5.32 Å². The van der Waals surface area contributed by atoms with Gasteiger partial charge in [-0.15, -0.1) is 0 Å². The van der Waals surface area contributed by atoms with Gasteiger partial charge in [-0.3, -0.25) is 0 Å². The van der Waals surface area contributed by atoms with Gasteiger partial charge in [0.2, 0.25) is 0 Å². The summed E-state index contributed by atoms with van der Waals surface area (Å²) in [5.74, 6) is 0. The lowest BCUT2D eigenvalue weighted by Gasteiger charge is -2.16. The van der Waals surface area contributed by atoms with E-state index < -0.39 is 17.8 Å². The normalized spacial score (nSPS) is 19.5. The Bertz CT molecular complexity index is 476. The van der Waals surface area contributed by atoms with Gasteiger partial charge < -0.3 is 15.3 Å². The van der Waals surface area contributed by atoms with Crippen molar-refractivity contribution in [2.24, 2.45) is 0 Å². The van der Waals surface area contributed by atoms with Crippen LogP contribution in [-0.2, 0) is 6.18 Å². The van der Waals surface area contributed by atoms with Crippen LogP contribution in [0, 0.1) is 0 Å². The van der Waals surface area contributed by atoms with Crippen LogP contribution in [0.25, 0.3) is 0 Å². The highest BCUT2D eigenvalue weighted by atomic mass is 19.4. The zero-order valence-corrected chi connectivity index (χ0v) is 9.94. The number of carbonyl (C=O) groups is 1. The van der Waals surface area contributed by atoms with E-state index in [1.54, 1.807) is 6.07 Å². The van der Waals surface area contributed by atoms with Crippen molar-refractivity contribution in [3.63, 3.8) is 0 Å². The number of anilines is 1. The number of amides is 1. The number of likely N-dealkylation sites (tertiary alicyclic amines) is 1. The van der Waals surface area contributed by atoms with Crippen molar-refractivity contribution < 1.29 is 23.1 Å². The predicted octanol–water partition coefficient (Wildman–Crippen LogP) is 2.87. The van der Waals surface area contributed by atoms with Gasteiger partial charge in [0.1, 0.15) is 0 Å². The summed E-state index contributed by atoms with van der Waals surface area (Å²) in [6.07, 6.45) is -4.79. The molecule has 0 bridgehead atoms. The zero-order chi connectivity index (χ0) is 14.0. The third-order valence-corrected chi connectivity index (χ3v) is 3.02. The molecule has 104 valence electrons. The van der Waals surface area contributed by atoms with Crippen molar-refractivity contribution in [2.75, 3.05) is 18.4 Å². The quantitative estimate of drug-likeness (QED) is 0.872. The monoisotopic (exact) mass is 274 g/mol. The Kier molecular flexibility index (Phi) is 3.55. The number of nitrogens with one attached hydrogen (secondary N) is 1. The van der Waals surface area contributed by atoms with Crippen molar-refractivity contribution in [3.05, 3.63) is 29.8 Å². The fourth-order valence-corrected chi connectivity index (χ4v) is 2.07. The van der Waals surface area contributed by atoms with E-state index in [4.69, 9.17) is 5.11 Å². The molecule has 1 fully saturated rings. The molecular weight excluding hydrogens is 261 g/mol. The molecule has 0 spiro atoms. The molecule has 19 heavy (non-hydrogen) atoms. The Hall–Kier alpha value is -1.92. The van der Waals surface area contributed by atoms with Crippen molar-refractivity contribution in [2.45, 2.75) is 18.6 Å². The largest absolute Gasteiger partial charge is 0.465 e. The Balaban J connectivity index is 2.03. The molecule has 1 aromatic carbocycles. The van der Waals surface area contributed by atoms with Crippen LogP contribution in [0.15, 0.2) is 24.3 Å². The van der Waals surface area contributed by atoms with E-state index in [0.717, 1.165) is 12.1 Å². The van der Waals surface area contributed by atoms with Gasteiger partial charge in [-0.05, 0) is 24.6 Å². The number of hydrogen-bond acceptors (Lipinski definition) is 2. The molecular formula is C12H13F3N2O2. The average molecular weight is 274 g/mol. The Labute approximate surface area is 107 Å². The third-order valence-electron chi connectivity index (χ3n) is 3.02. The summed E-state index contributed by atoms with van der Waals surface area (Å²) in [5, 5.41) is 11.7. The number of benzene rings is 1. The Morgan fingerprint density at radius 2 is 2.16 bits per heavy atom. The topological polar surface area (TPSA) is 52.6 Å². The van der Waals surface area contributed by atoms with Gasteiger partial charge in [0.15, 0.2) is 0 Å².